The number of hydrogen-bond donors (Lipinski definition) is 2. The predicted molar refractivity (Wildman–Crippen MR) is 73.0 cm³/mol. The van der Waals surface area contributed by atoms with E-state index in [1.54, 1.807) is 0 Å². The van der Waals surface area contributed by atoms with Gasteiger partial charge in [0, 0.05) is 6.20 Å². The normalized spacial score (nSPS) is 12.2. The maximum absolute atomic E-state index is 12.0. The molecule has 19 heavy (non-hydrogen) atoms. The van der Waals surface area contributed by atoms with Crippen molar-refractivity contribution in [2.75, 3.05) is 5.73 Å². The molecule has 0 spiro atoms. The second kappa shape index (κ2) is 5.32. The molecule has 2 aromatic heterocycles. The molecule has 100 valence electrons. The highest BCUT2D eigenvalue weighted by Crippen LogP contribution is 2.19. The van der Waals surface area contributed by atoms with Crippen molar-refractivity contribution in [3.63, 3.8) is 0 Å². The summed E-state index contributed by atoms with van der Waals surface area (Å²) in [6.45, 7) is 3.68. The highest BCUT2D eigenvalue weighted by atomic mass is 35.5. The fraction of sp³-hybridized carbons (Fsp3) is 0.231. The van der Waals surface area contributed by atoms with Gasteiger partial charge in [-0.3, -0.25) is 4.79 Å². The molecule has 1 amide bonds. The highest BCUT2D eigenvalue weighted by molar-refractivity contribution is 6.33. The van der Waals surface area contributed by atoms with Gasteiger partial charge in [0.2, 0.25) is 0 Å². The fourth-order valence-electron chi connectivity index (χ4n) is 1.61. The molecule has 1 unspecified atom stereocenters. The topological polar surface area (TPSA) is 81.2 Å². The number of carbonyl (C=O) groups is 1. The Morgan fingerprint density at radius 1 is 1.53 bits per heavy atom. The Hall–Kier alpha value is -2.01. The van der Waals surface area contributed by atoms with Crippen LogP contribution in [0.1, 0.15) is 34.8 Å². The van der Waals surface area contributed by atoms with Crippen molar-refractivity contribution in [2.45, 2.75) is 19.9 Å². The molecule has 2 aromatic rings. The van der Waals surface area contributed by atoms with Gasteiger partial charge in [-0.2, -0.15) is 0 Å². The van der Waals surface area contributed by atoms with Crippen LogP contribution in [0.2, 0.25) is 5.02 Å². The van der Waals surface area contributed by atoms with Crippen LogP contribution in [-0.2, 0) is 0 Å². The van der Waals surface area contributed by atoms with Crippen molar-refractivity contribution >= 4 is 23.3 Å². The summed E-state index contributed by atoms with van der Waals surface area (Å²) in [6.07, 6.45) is 1.39. The Bertz CT molecular complexity index is 610. The van der Waals surface area contributed by atoms with E-state index in [0.29, 0.717) is 11.3 Å². The van der Waals surface area contributed by atoms with Crippen LogP contribution in [0.25, 0.3) is 0 Å². The first kappa shape index (κ1) is 13.4. The molecule has 0 radical (unpaired) electrons. The Kier molecular flexibility index (Phi) is 3.76. The molecule has 0 saturated carbocycles. The third-order valence-electron chi connectivity index (χ3n) is 2.67. The van der Waals surface area contributed by atoms with Crippen LogP contribution < -0.4 is 11.1 Å². The monoisotopic (exact) mass is 279 g/mol. The average Bonchev–Trinajstić information content (AvgIpc) is 2.79. The van der Waals surface area contributed by atoms with E-state index in [2.05, 4.69) is 10.3 Å². The van der Waals surface area contributed by atoms with E-state index in [9.17, 15) is 4.79 Å². The van der Waals surface area contributed by atoms with Gasteiger partial charge in [0.1, 0.15) is 17.3 Å². The molecule has 1 atom stereocenters. The van der Waals surface area contributed by atoms with Crippen molar-refractivity contribution in [2.24, 2.45) is 0 Å². The standard InChI is InChI=1S/C13H14ClN3O2/c1-7-3-4-11(19-7)8(2)17-13(18)9-5-10(14)12(15)16-6-9/h3-6,8H,1-2H3,(H2,15,16)(H,17,18). The number of aromatic nitrogens is 1. The molecule has 0 aliphatic heterocycles. The number of nitrogen functional groups attached to an aromatic ring is 1. The second-order valence-electron chi connectivity index (χ2n) is 4.23. The van der Waals surface area contributed by atoms with Crippen molar-refractivity contribution in [1.29, 1.82) is 0 Å². The quantitative estimate of drug-likeness (QED) is 0.905. The molecule has 0 fully saturated rings. The minimum absolute atomic E-state index is 0.202. The molecule has 0 aromatic carbocycles. The molecule has 2 heterocycles. The number of rotatable bonds is 3. The van der Waals surface area contributed by atoms with Crippen molar-refractivity contribution in [3.05, 3.63) is 46.5 Å². The zero-order valence-electron chi connectivity index (χ0n) is 10.6. The number of aryl methyl sites for hydroxylation is 1. The number of pyridine rings is 1. The van der Waals surface area contributed by atoms with Gasteiger partial charge in [-0.25, -0.2) is 4.98 Å². The lowest BCUT2D eigenvalue weighted by atomic mass is 10.2. The van der Waals surface area contributed by atoms with E-state index in [1.165, 1.54) is 12.3 Å². The smallest absolute Gasteiger partial charge is 0.253 e. The Labute approximate surface area is 115 Å². The molecule has 6 heteroatoms. The summed E-state index contributed by atoms with van der Waals surface area (Å²) in [4.78, 5) is 15.9. The SMILES string of the molecule is Cc1ccc(C(C)NC(=O)c2cnc(N)c(Cl)c2)o1. The number of nitrogens with two attached hydrogens (primary N) is 1. The molecule has 3 N–H and O–H groups in total. The van der Waals surface area contributed by atoms with Crippen LogP contribution in [0.5, 0.6) is 0 Å². The molecule has 0 saturated heterocycles. The summed E-state index contributed by atoms with van der Waals surface area (Å²) in [6, 6.07) is 4.92. The first-order chi connectivity index (χ1) is 8.97. The van der Waals surface area contributed by atoms with Gasteiger partial charge in [0.05, 0.1) is 16.6 Å². The zero-order valence-corrected chi connectivity index (χ0v) is 11.4. The summed E-state index contributed by atoms with van der Waals surface area (Å²) in [5.74, 6) is 1.41. The van der Waals surface area contributed by atoms with Gasteiger partial charge in [-0.1, -0.05) is 11.6 Å². The maximum Gasteiger partial charge on any atom is 0.253 e. The van der Waals surface area contributed by atoms with Gasteiger partial charge in [-0.05, 0) is 32.0 Å². The van der Waals surface area contributed by atoms with Crippen LogP contribution in [0.3, 0.4) is 0 Å². The van der Waals surface area contributed by atoms with Crippen molar-refractivity contribution in [1.82, 2.24) is 10.3 Å². The van der Waals surface area contributed by atoms with Gasteiger partial charge in [0.15, 0.2) is 0 Å². The van der Waals surface area contributed by atoms with Crippen LogP contribution in [0.15, 0.2) is 28.8 Å². The Balaban J connectivity index is 2.10. The Morgan fingerprint density at radius 2 is 2.26 bits per heavy atom. The highest BCUT2D eigenvalue weighted by Gasteiger charge is 2.15. The summed E-state index contributed by atoms with van der Waals surface area (Å²) in [5, 5.41) is 3.06. The van der Waals surface area contributed by atoms with E-state index in [0.717, 1.165) is 5.76 Å². The van der Waals surface area contributed by atoms with Crippen LogP contribution >= 0.6 is 11.6 Å². The molecule has 2 rings (SSSR count). The lowest BCUT2D eigenvalue weighted by molar-refractivity contribution is 0.0935. The second-order valence-corrected chi connectivity index (χ2v) is 4.64. The minimum atomic E-state index is -0.282. The number of halogens is 1. The number of carbonyl (C=O) groups excluding carboxylic acids is 1. The average molecular weight is 280 g/mol. The van der Waals surface area contributed by atoms with Crippen LogP contribution in [-0.4, -0.2) is 10.9 Å². The molecule has 0 aliphatic rings. The molecular formula is C13H14ClN3O2. The van der Waals surface area contributed by atoms with Gasteiger partial charge >= 0.3 is 0 Å². The van der Waals surface area contributed by atoms with E-state index in [4.69, 9.17) is 21.8 Å². The minimum Gasteiger partial charge on any atom is -0.464 e. The van der Waals surface area contributed by atoms with E-state index in [1.807, 2.05) is 26.0 Å². The number of hydrogen-bond acceptors (Lipinski definition) is 4. The van der Waals surface area contributed by atoms with Crippen molar-refractivity contribution in [3.8, 4) is 0 Å². The van der Waals surface area contributed by atoms with Gasteiger partial charge in [0.25, 0.3) is 5.91 Å². The van der Waals surface area contributed by atoms with E-state index >= 15 is 0 Å². The van der Waals surface area contributed by atoms with Gasteiger partial charge in [-0.15, -0.1) is 0 Å². The Morgan fingerprint density at radius 3 is 2.84 bits per heavy atom. The summed E-state index contributed by atoms with van der Waals surface area (Å²) < 4.78 is 5.45. The molecule has 0 bridgehead atoms. The molecular weight excluding hydrogens is 266 g/mol. The lowest BCUT2D eigenvalue weighted by Crippen LogP contribution is -2.26. The van der Waals surface area contributed by atoms with E-state index < -0.39 is 0 Å². The third-order valence-corrected chi connectivity index (χ3v) is 2.97. The van der Waals surface area contributed by atoms with Gasteiger partial charge < -0.3 is 15.5 Å². The number of nitrogens with one attached hydrogen (secondary N) is 1. The number of amides is 1. The zero-order chi connectivity index (χ0) is 14.0. The number of furan rings is 1. The molecule has 5 nitrogen and oxygen atoms in total. The van der Waals surface area contributed by atoms with E-state index in [-0.39, 0.29) is 22.8 Å². The van der Waals surface area contributed by atoms with Crippen LogP contribution in [0.4, 0.5) is 5.82 Å². The largest absolute Gasteiger partial charge is 0.464 e. The molecule has 0 aliphatic carbocycles. The van der Waals surface area contributed by atoms with Crippen LogP contribution in [0, 0.1) is 6.92 Å². The first-order valence-corrected chi connectivity index (χ1v) is 6.13. The predicted octanol–water partition coefficient (Wildman–Crippen LogP) is 2.71. The maximum atomic E-state index is 12.0. The lowest BCUT2D eigenvalue weighted by Gasteiger charge is -2.11. The number of anilines is 1. The summed E-state index contributed by atoms with van der Waals surface area (Å²) in [5.41, 5.74) is 5.85. The summed E-state index contributed by atoms with van der Waals surface area (Å²) in [7, 11) is 0. The third kappa shape index (κ3) is 3.06. The summed E-state index contributed by atoms with van der Waals surface area (Å²) >= 11 is 5.83. The fourth-order valence-corrected chi connectivity index (χ4v) is 1.78. The first-order valence-electron chi connectivity index (χ1n) is 5.75. The number of nitrogens with zero attached hydrogens (tertiary/aromatic N) is 1. The van der Waals surface area contributed by atoms with Crippen molar-refractivity contribution < 1.29 is 9.21 Å².